The van der Waals surface area contributed by atoms with Crippen LogP contribution in [0.15, 0.2) is 0 Å². The van der Waals surface area contributed by atoms with Crippen molar-refractivity contribution >= 4 is 0 Å². The average Bonchev–Trinajstić information content (AvgIpc) is 2.59. The third kappa shape index (κ3) is 2.93. The summed E-state index contributed by atoms with van der Waals surface area (Å²) in [5.41, 5.74) is -0.231. The van der Waals surface area contributed by atoms with E-state index in [4.69, 9.17) is 0 Å². The van der Waals surface area contributed by atoms with Gasteiger partial charge in [-0.05, 0) is 52.4 Å². The quantitative estimate of drug-likeness (QED) is 0.747. The second-order valence-corrected chi connectivity index (χ2v) is 4.79. The van der Waals surface area contributed by atoms with Gasteiger partial charge in [0.2, 0.25) is 0 Å². The van der Waals surface area contributed by atoms with Crippen LogP contribution in [0.3, 0.4) is 0 Å². The number of rotatable bonds is 5. The topological polar surface area (TPSA) is 39.1 Å². The highest BCUT2D eigenvalue weighted by Crippen LogP contribution is 2.37. The Balaban J connectivity index is 2.58. The molecule has 86 valence electrons. The van der Waals surface area contributed by atoms with Gasteiger partial charge < -0.3 is 4.90 Å². The summed E-state index contributed by atoms with van der Waals surface area (Å²) in [6, 6.07) is 2.52. The molecule has 0 aromatic rings. The zero-order chi connectivity index (χ0) is 11.3. The van der Waals surface area contributed by atoms with Gasteiger partial charge in [0.25, 0.3) is 0 Å². The minimum absolute atomic E-state index is 0.231. The lowest BCUT2D eigenvalue weighted by Gasteiger charge is -2.30. The standard InChI is InChI=1S/C12H23N3/c1-4-14-12(10-13)8-5-6-11(12)7-9-15(2)3/h11,14H,4-9H2,1-3H3. The average molecular weight is 209 g/mol. The van der Waals surface area contributed by atoms with Crippen molar-refractivity contribution in [1.82, 2.24) is 10.2 Å². The van der Waals surface area contributed by atoms with Crippen LogP contribution in [0.4, 0.5) is 0 Å². The third-order valence-corrected chi connectivity index (χ3v) is 3.44. The van der Waals surface area contributed by atoms with Gasteiger partial charge in [0.15, 0.2) is 0 Å². The first-order valence-corrected chi connectivity index (χ1v) is 5.95. The minimum atomic E-state index is -0.231. The summed E-state index contributed by atoms with van der Waals surface area (Å²) in [6.45, 7) is 4.06. The predicted molar refractivity (Wildman–Crippen MR) is 62.5 cm³/mol. The molecule has 0 bridgehead atoms. The number of nitrogens with one attached hydrogen (secondary N) is 1. The highest BCUT2D eigenvalue weighted by atomic mass is 15.1. The van der Waals surface area contributed by atoms with Gasteiger partial charge >= 0.3 is 0 Å². The maximum Gasteiger partial charge on any atom is 0.109 e. The number of nitriles is 1. The van der Waals surface area contributed by atoms with Gasteiger partial charge in [0.1, 0.15) is 5.54 Å². The Hall–Kier alpha value is -0.590. The van der Waals surface area contributed by atoms with E-state index in [1.54, 1.807) is 0 Å². The fourth-order valence-corrected chi connectivity index (χ4v) is 2.62. The van der Waals surface area contributed by atoms with Crippen LogP contribution in [-0.2, 0) is 0 Å². The largest absolute Gasteiger partial charge is 0.309 e. The van der Waals surface area contributed by atoms with Crippen molar-refractivity contribution in [2.75, 3.05) is 27.2 Å². The van der Waals surface area contributed by atoms with Crippen LogP contribution < -0.4 is 5.32 Å². The van der Waals surface area contributed by atoms with Gasteiger partial charge in [-0.2, -0.15) is 5.26 Å². The molecule has 0 spiro atoms. The lowest BCUT2D eigenvalue weighted by Crippen LogP contribution is -2.47. The molecule has 1 rings (SSSR count). The Morgan fingerprint density at radius 1 is 1.53 bits per heavy atom. The van der Waals surface area contributed by atoms with Gasteiger partial charge in [-0.15, -0.1) is 0 Å². The van der Waals surface area contributed by atoms with Gasteiger partial charge in [-0.3, -0.25) is 5.32 Å². The highest BCUT2D eigenvalue weighted by Gasteiger charge is 2.41. The molecule has 1 fully saturated rings. The summed E-state index contributed by atoms with van der Waals surface area (Å²) in [5.74, 6) is 0.532. The van der Waals surface area contributed by atoms with Crippen LogP contribution in [0.2, 0.25) is 0 Å². The van der Waals surface area contributed by atoms with Crippen molar-refractivity contribution in [3.8, 4) is 6.07 Å². The molecular weight excluding hydrogens is 186 g/mol. The van der Waals surface area contributed by atoms with Crippen LogP contribution in [0, 0.1) is 17.2 Å². The molecule has 3 nitrogen and oxygen atoms in total. The van der Waals surface area contributed by atoms with E-state index in [9.17, 15) is 5.26 Å². The summed E-state index contributed by atoms with van der Waals surface area (Å²) in [7, 11) is 4.19. The Kier molecular flexibility index (Phi) is 4.56. The van der Waals surface area contributed by atoms with Gasteiger partial charge in [0, 0.05) is 0 Å². The van der Waals surface area contributed by atoms with E-state index >= 15 is 0 Å². The first kappa shape index (κ1) is 12.5. The fourth-order valence-electron chi connectivity index (χ4n) is 2.62. The van der Waals surface area contributed by atoms with Crippen molar-refractivity contribution in [2.24, 2.45) is 5.92 Å². The van der Waals surface area contributed by atoms with Crippen LogP contribution in [-0.4, -0.2) is 37.6 Å². The molecule has 15 heavy (non-hydrogen) atoms. The van der Waals surface area contributed by atoms with Crippen molar-refractivity contribution in [3.63, 3.8) is 0 Å². The summed E-state index contributed by atoms with van der Waals surface area (Å²) in [6.07, 6.45) is 4.55. The second-order valence-electron chi connectivity index (χ2n) is 4.79. The van der Waals surface area contributed by atoms with Gasteiger partial charge in [-0.1, -0.05) is 13.3 Å². The minimum Gasteiger partial charge on any atom is -0.309 e. The van der Waals surface area contributed by atoms with Crippen LogP contribution in [0.5, 0.6) is 0 Å². The Morgan fingerprint density at radius 2 is 2.27 bits per heavy atom. The summed E-state index contributed by atoms with van der Waals surface area (Å²) < 4.78 is 0. The lowest BCUT2D eigenvalue weighted by molar-refractivity contribution is 0.271. The first-order chi connectivity index (χ1) is 7.14. The van der Waals surface area contributed by atoms with Crippen molar-refractivity contribution in [1.29, 1.82) is 5.26 Å². The van der Waals surface area contributed by atoms with Gasteiger partial charge in [0.05, 0.1) is 6.07 Å². The number of hydrogen-bond acceptors (Lipinski definition) is 3. The smallest absolute Gasteiger partial charge is 0.109 e. The predicted octanol–water partition coefficient (Wildman–Crippen LogP) is 1.61. The Morgan fingerprint density at radius 3 is 2.80 bits per heavy atom. The van der Waals surface area contributed by atoms with Crippen molar-refractivity contribution < 1.29 is 0 Å². The molecule has 0 aromatic heterocycles. The highest BCUT2D eigenvalue weighted by molar-refractivity contribution is 5.13. The van der Waals surface area contributed by atoms with E-state index in [1.165, 1.54) is 12.8 Å². The lowest BCUT2D eigenvalue weighted by atomic mass is 9.86. The molecule has 1 aliphatic rings. The molecule has 0 amide bonds. The molecule has 2 atom stereocenters. The molecule has 0 saturated heterocycles. The Bertz CT molecular complexity index is 232. The van der Waals surface area contributed by atoms with Crippen LogP contribution in [0.1, 0.15) is 32.6 Å². The zero-order valence-corrected chi connectivity index (χ0v) is 10.2. The monoisotopic (exact) mass is 209 g/mol. The molecule has 1 N–H and O–H groups in total. The summed E-state index contributed by atoms with van der Waals surface area (Å²) in [4.78, 5) is 2.20. The van der Waals surface area contributed by atoms with Crippen LogP contribution in [0.25, 0.3) is 0 Å². The maximum atomic E-state index is 9.36. The molecule has 1 aliphatic carbocycles. The molecule has 3 heteroatoms. The molecule has 0 aromatic carbocycles. The maximum absolute atomic E-state index is 9.36. The molecule has 1 saturated carbocycles. The second kappa shape index (κ2) is 5.48. The van der Waals surface area contributed by atoms with E-state index in [0.29, 0.717) is 5.92 Å². The number of nitrogens with zero attached hydrogens (tertiary/aromatic N) is 2. The van der Waals surface area contributed by atoms with Crippen molar-refractivity contribution in [2.45, 2.75) is 38.1 Å². The molecule has 0 heterocycles. The number of hydrogen-bond donors (Lipinski definition) is 1. The molecule has 2 unspecified atom stereocenters. The van der Waals surface area contributed by atoms with E-state index in [0.717, 1.165) is 25.9 Å². The van der Waals surface area contributed by atoms with Crippen LogP contribution >= 0.6 is 0 Å². The Labute approximate surface area is 93.5 Å². The molecule has 0 radical (unpaired) electrons. The molecular formula is C12H23N3. The SMILES string of the molecule is CCNC1(C#N)CCCC1CCN(C)C. The van der Waals surface area contributed by atoms with E-state index < -0.39 is 0 Å². The first-order valence-electron chi connectivity index (χ1n) is 5.95. The van der Waals surface area contributed by atoms with Gasteiger partial charge in [-0.25, -0.2) is 0 Å². The van der Waals surface area contributed by atoms with Crippen molar-refractivity contribution in [3.05, 3.63) is 0 Å². The van der Waals surface area contributed by atoms with E-state index in [-0.39, 0.29) is 5.54 Å². The van der Waals surface area contributed by atoms with E-state index in [1.807, 2.05) is 0 Å². The normalized spacial score (nSPS) is 30.7. The third-order valence-electron chi connectivity index (χ3n) is 3.44. The summed E-state index contributed by atoms with van der Waals surface area (Å²) >= 11 is 0. The molecule has 0 aliphatic heterocycles. The van der Waals surface area contributed by atoms with E-state index in [2.05, 4.69) is 37.3 Å². The zero-order valence-electron chi connectivity index (χ0n) is 10.2. The fraction of sp³-hybridized carbons (Fsp3) is 0.917. The summed E-state index contributed by atoms with van der Waals surface area (Å²) in [5, 5.41) is 12.8.